The van der Waals surface area contributed by atoms with Gasteiger partial charge in [-0.15, -0.1) is 0 Å². The van der Waals surface area contributed by atoms with E-state index in [1.165, 1.54) is 0 Å². The third-order valence-electron chi connectivity index (χ3n) is 2.24. The molecule has 1 rings (SSSR count). The Morgan fingerprint density at radius 2 is 2.44 bits per heavy atom. The van der Waals surface area contributed by atoms with Crippen molar-refractivity contribution >= 4 is 5.91 Å². The lowest BCUT2D eigenvalue weighted by Gasteiger charge is -2.16. The largest absolute Gasteiger partial charge is 0.383 e. The predicted octanol–water partition coefficient (Wildman–Crippen LogP) is 0.0935. The molecule has 16 heavy (non-hydrogen) atoms. The highest BCUT2D eigenvalue weighted by atomic mass is 16.5. The average molecular weight is 223 g/mol. The summed E-state index contributed by atoms with van der Waals surface area (Å²) in [5.74, 6) is -0.168. The molecule has 88 valence electrons. The molecule has 0 spiro atoms. The number of carbonyl (C=O) groups excluding carboxylic acids is 1. The Hall–Kier alpha value is -1.46. The normalized spacial score (nSPS) is 12.2. The van der Waals surface area contributed by atoms with Crippen LogP contribution in [0.1, 0.15) is 16.1 Å². The molecule has 0 fully saturated rings. The van der Waals surface area contributed by atoms with Crippen molar-refractivity contribution < 1.29 is 9.53 Å². The predicted molar refractivity (Wildman–Crippen MR) is 61.2 cm³/mol. The van der Waals surface area contributed by atoms with Gasteiger partial charge < -0.3 is 15.8 Å². The first kappa shape index (κ1) is 12.6. The number of carbonyl (C=O) groups is 1. The minimum atomic E-state index is -0.169. The number of hydrogen-bond acceptors (Lipinski definition) is 4. The SMILES string of the molecule is COCC(CN)NC(=O)c1cccnc1C. The Morgan fingerprint density at radius 3 is 3.00 bits per heavy atom. The molecule has 0 bridgehead atoms. The Bertz CT molecular complexity index is 355. The number of aromatic nitrogens is 1. The Morgan fingerprint density at radius 1 is 1.69 bits per heavy atom. The number of hydrogen-bond donors (Lipinski definition) is 2. The second-order valence-corrected chi connectivity index (χ2v) is 3.50. The maximum absolute atomic E-state index is 11.8. The van der Waals surface area contributed by atoms with Crippen LogP contribution in [0.25, 0.3) is 0 Å². The number of rotatable bonds is 5. The van der Waals surface area contributed by atoms with Crippen molar-refractivity contribution in [1.29, 1.82) is 0 Å². The zero-order chi connectivity index (χ0) is 12.0. The van der Waals surface area contributed by atoms with Crippen LogP contribution in [0.5, 0.6) is 0 Å². The van der Waals surface area contributed by atoms with Gasteiger partial charge in [0.25, 0.3) is 5.91 Å². The van der Waals surface area contributed by atoms with Gasteiger partial charge in [-0.05, 0) is 19.1 Å². The molecule has 0 radical (unpaired) electrons. The summed E-state index contributed by atoms with van der Waals surface area (Å²) < 4.78 is 4.95. The van der Waals surface area contributed by atoms with E-state index in [1.54, 1.807) is 32.4 Å². The first-order valence-electron chi connectivity index (χ1n) is 5.10. The van der Waals surface area contributed by atoms with E-state index in [-0.39, 0.29) is 11.9 Å². The molecule has 1 aromatic heterocycles. The van der Waals surface area contributed by atoms with E-state index in [4.69, 9.17) is 10.5 Å². The summed E-state index contributed by atoms with van der Waals surface area (Å²) in [6.45, 7) is 2.54. The number of nitrogens with one attached hydrogen (secondary N) is 1. The molecule has 0 aliphatic carbocycles. The van der Waals surface area contributed by atoms with Crippen LogP contribution >= 0.6 is 0 Å². The molecular formula is C11H17N3O2. The lowest BCUT2D eigenvalue weighted by atomic mass is 10.2. The molecule has 0 saturated heterocycles. The topological polar surface area (TPSA) is 77.2 Å². The van der Waals surface area contributed by atoms with Crippen LogP contribution in [-0.2, 0) is 4.74 Å². The standard InChI is InChI=1S/C11H17N3O2/c1-8-10(4-3-5-13-8)11(15)14-9(6-12)7-16-2/h3-5,9H,6-7,12H2,1-2H3,(H,14,15). The Kier molecular flexibility index (Phi) is 4.88. The molecule has 0 saturated carbocycles. The smallest absolute Gasteiger partial charge is 0.253 e. The summed E-state index contributed by atoms with van der Waals surface area (Å²) in [6, 6.07) is 3.30. The highest BCUT2D eigenvalue weighted by Crippen LogP contribution is 2.03. The summed E-state index contributed by atoms with van der Waals surface area (Å²) in [5, 5.41) is 2.80. The van der Waals surface area contributed by atoms with Gasteiger partial charge >= 0.3 is 0 Å². The minimum Gasteiger partial charge on any atom is -0.383 e. The van der Waals surface area contributed by atoms with Crippen molar-refractivity contribution in [2.45, 2.75) is 13.0 Å². The number of methoxy groups -OCH3 is 1. The Labute approximate surface area is 95.0 Å². The van der Waals surface area contributed by atoms with Gasteiger partial charge in [0, 0.05) is 25.5 Å². The van der Waals surface area contributed by atoms with Crippen LogP contribution in [0.2, 0.25) is 0 Å². The monoisotopic (exact) mass is 223 g/mol. The first-order valence-corrected chi connectivity index (χ1v) is 5.10. The molecule has 5 heteroatoms. The van der Waals surface area contributed by atoms with Gasteiger partial charge in [0.2, 0.25) is 0 Å². The van der Waals surface area contributed by atoms with E-state index in [1.807, 2.05) is 0 Å². The van der Waals surface area contributed by atoms with Crippen LogP contribution in [-0.4, -0.2) is 37.2 Å². The number of aryl methyl sites for hydroxylation is 1. The van der Waals surface area contributed by atoms with Gasteiger partial charge in [-0.2, -0.15) is 0 Å². The van der Waals surface area contributed by atoms with E-state index >= 15 is 0 Å². The number of nitrogens with two attached hydrogens (primary N) is 1. The molecule has 1 aromatic rings. The summed E-state index contributed by atoms with van der Waals surface area (Å²) in [7, 11) is 1.57. The molecule has 0 aliphatic rings. The fourth-order valence-electron chi connectivity index (χ4n) is 1.36. The number of amides is 1. The van der Waals surface area contributed by atoms with Crippen molar-refractivity contribution in [3.05, 3.63) is 29.6 Å². The van der Waals surface area contributed by atoms with Crippen molar-refractivity contribution in [2.75, 3.05) is 20.3 Å². The van der Waals surface area contributed by atoms with Gasteiger partial charge in [0.1, 0.15) is 0 Å². The van der Waals surface area contributed by atoms with E-state index in [0.717, 1.165) is 0 Å². The average Bonchev–Trinajstić information content (AvgIpc) is 2.28. The fourth-order valence-corrected chi connectivity index (χ4v) is 1.36. The summed E-state index contributed by atoms with van der Waals surface area (Å²) in [6.07, 6.45) is 1.65. The molecule has 5 nitrogen and oxygen atoms in total. The van der Waals surface area contributed by atoms with E-state index < -0.39 is 0 Å². The second-order valence-electron chi connectivity index (χ2n) is 3.50. The van der Waals surface area contributed by atoms with Crippen molar-refractivity contribution in [3.63, 3.8) is 0 Å². The summed E-state index contributed by atoms with van der Waals surface area (Å²) >= 11 is 0. The maximum Gasteiger partial charge on any atom is 0.253 e. The first-order chi connectivity index (χ1) is 7.69. The third kappa shape index (κ3) is 3.29. The molecule has 1 atom stereocenters. The van der Waals surface area contributed by atoms with Gasteiger partial charge in [-0.1, -0.05) is 0 Å². The highest BCUT2D eigenvalue weighted by molar-refractivity contribution is 5.95. The van der Waals surface area contributed by atoms with Gasteiger partial charge in [0.05, 0.1) is 18.2 Å². The molecule has 1 unspecified atom stereocenters. The zero-order valence-electron chi connectivity index (χ0n) is 9.56. The van der Waals surface area contributed by atoms with Crippen molar-refractivity contribution in [1.82, 2.24) is 10.3 Å². The maximum atomic E-state index is 11.8. The van der Waals surface area contributed by atoms with Crippen LogP contribution in [0.3, 0.4) is 0 Å². The van der Waals surface area contributed by atoms with Crippen LogP contribution in [0, 0.1) is 6.92 Å². The van der Waals surface area contributed by atoms with E-state index in [2.05, 4.69) is 10.3 Å². The molecule has 3 N–H and O–H groups in total. The van der Waals surface area contributed by atoms with Crippen molar-refractivity contribution in [2.24, 2.45) is 5.73 Å². The third-order valence-corrected chi connectivity index (χ3v) is 2.24. The number of pyridine rings is 1. The lowest BCUT2D eigenvalue weighted by Crippen LogP contribution is -2.43. The summed E-state index contributed by atoms with van der Waals surface area (Å²) in [5.41, 5.74) is 6.78. The molecule has 0 aliphatic heterocycles. The summed E-state index contributed by atoms with van der Waals surface area (Å²) in [4.78, 5) is 15.9. The number of ether oxygens (including phenoxy) is 1. The fraction of sp³-hybridized carbons (Fsp3) is 0.455. The van der Waals surface area contributed by atoms with Crippen LogP contribution in [0.15, 0.2) is 18.3 Å². The van der Waals surface area contributed by atoms with Crippen LogP contribution in [0.4, 0.5) is 0 Å². The lowest BCUT2D eigenvalue weighted by molar-refractivity contribution is 0.0899. The molecule has 1 heterocycles. The molecule has 0 aromatic carbocycles. The Balaban J connectivity index is 2.68. The highest BCUT2D eigenvalue weighted by Gasteiger charge is 2.13. The van der Waals surface area contributed by atoms with E-state index in [9.17, 15) is 4.79 Å². The van der Waals surface area contributed by atoms with Gasteiger partial charge in [-0.3, -0.25) is 9.78 Å². The minimum absolute atomic E-state index is 0.168. The molecular weight excluding hydrogens is 206 g/mol. The van der Waals surface area contributed by atoms with Crippen molar-refractivity contribution in [3.8, 4) is 0 Å². The van der Waals surface area contributed by atoms with Crippen LogP contribution < -0.4 is 11.1 Å². The van der Waals surface area contributed by atoms with Gasteiger partial charge in [-0.25, -0.2) is 0 Å². The van der Waals surface area contributed by atoms with Gasteiger partial charge in [0.15, 0.2) is 0 Å². The quantitative estimate of drug-likeness (QED) is 0.742. The molecule has 1 amide bonds. The van der Waals surface area contributed by atoms with E-state index in [0.29, 0.717) is 24.4 Å². The second kappa shape index (κ2) is 6.19. The number of nitrogens with zero attached hydrogens (tertiary/aromatic N) is 1. The zero-order valence-corrected chi connectivity index (χ0v) is 9.56.